The Morgan fingerprint density at radius 2 is 1.77 bits per heavy atom. The molecule has 0 fully saturated rings. The Hall–Kier alpha value is -3.51. The number of nitrogens with zero attached hydrogens (tertiary/aromatic N) is 1. The number of carbonyl (C=O) groups is 1. The van der Waals surface area contributed by atoms with Gasteiger partial charge in [-0.3, -0.25) is 4.99 Å². The molecule has 3 aromatic rings. The van der Waals surface area contributed by atoms with Crippen molar-refractivity contribution in [1.82, 2.24) is 0 Å². The van der Waals surface area contributed by atoms with Crippen LogP contribution in [-0.4, -0.2) is 31.5 Å². The van der Waals surface area contributed by atoms with E-state index in [-0.39, 0.29) is 12.2 Å². The van der Waals surface area contributed by atoms with Crippen LogP contribution >= 0.6 is 11.6 Å². The zero-order chi connectivity index (χ0) is 21.5. The molecule has 0 aliphatic heterocycles. The molecule has 0 spiro atoms. The SMILES string of the molecule is COc1ccc(N=Cc2ccc(OCc3cccc(C(=O)O)c3)c(OC)c2)cc1Cl. The molecule has 0 aliphatic rings. The second-order valence-electron chi connectivity index (χ2n) is 6.28. The van der Waals surface area contributed by atoms with Crippen LogP contribution in [-0.2, 0) is 6.61 Å². The average Bonchev–Trinajstić information content (AvgIpc) is 2.76. The number of methoxy groups -OCH3 is 2. The summed E-state index contributed by atoms with van der Waals surface area (Å²) >= 11 is 6.12. The number of hydrogen-bond acceptors (Lipinski definition) is 5. The van der Waals surface area contributed by atoms with Crippen molar-refractivity contribution in [2.24, 2.45) is 4.99 Å². The van der Waals surface area contributed by atoms with Crippen LogP contribution in [0.5, 0.6) is 17.2 Å². The van der Waals surface area contributed by atoms with E-state index in [9.17, 15) is 4.79 Å². The summed E-state index contributed by atoms with van der Waals surface area (Å²) in [6.45, 7) is 0.218. The molecule has 7 heteroatoms. The van der Waals surface area contributed by atoms with Crippen LogP contribution < -0.4 is 14.2 Å². The second kappa shape index (κ2) is 9.80. The molecule has 6 nitrogen and oxygen atoms in total. The molecule has 0 aliphatic carbocycles. The summed E-state index contributed by atoms with van der Waals surface area (Å²) < 4.78 is 16.4. The third kappa shape index (κ3) is 5.30. The van der Waals surface area contributed by atoms with Crippen molar-refractivity contribution in [3.63, 3.8) is 0 Å². The average molecular weight is 426 g/mol. The Morgan fingerprint density at radius 3 is 2.47 bits per heavy atom. The van der Waals surface area contributed by atoms with Gasteiger partial charge in [-0.05, 0) is 59.7 Å². The number of rotatable bonds is 8. The van der Waals surface area contributed by atoms with Gasteiger partial charge in [-0.15, -0.1) is 0 Å². The number of hydrogen-bond donors (Lipinski definition) is 1. The topological polar surface area (TPSA) is 77.4 Å². The Kier molecular flexibility index (Phi) is 6.93. The predicted molar refractivity (Wildman–Crippen MR) is 116 cm³/mol. The molecule has 3 rings (SSSR count). The molecule has 0 unspecified atom stereocenters. The number of benzene rings is 3. The smallest absolute Gasteiger partial charge is 0.335 e. The van der Waals surface area contributed by atoms with Crippen molar-refractivity contribution in [3.8, 4) is 17.2 Å². The van der Waals surface area contributed by atoms with Gasteiger partial charge >= 0.3 is 5.97 Å². The maximum absolute atomic E-state index is 11.1. The van der Waals surface area contributed by atoms with E-state index in [0.29, 0.717) is 28.0 Å². The van der Waals surface area contributed by atoms with E-state index >= 15 is 0 Å². The van der Waals surface area contributed by atoms with Gasteiger partial charge in [0, 0.05) is 6.21 Å². The van der Waals surface area contributed by atoms with Gasteiger partial charge < -0.3 is 19.3 Å². The molecule has 0 saturated heterocycles. The van der Waals surface area contributed by atoms with Gasteiger partial charge in [0.25, 0.3) is 0 Å². The molecule has 0 amide bonds. The largest absolute Gasteiger partial charge is 0.495 e. The molecule has 154 valence electrons. The van der Waals surface area contributed by atoms with Crippen LogP contribution in [0.15, 0.2) is 65.7 Å². The number of aliphatic imine (C=N–C) groups is 1. The molecule has 0 radical (unpaired) electrons. The number of carboxylic acid groups (broad SMARTS) is 1. The van der Waals surface area contributed by atoms with Gasteiger partial charge in [0.15, 0.2) is 11.5 Å². The Morgan fingerprint density at radius 1 is 1.00 bits per heavy atom. The highest BCUT2D eigenvalue weighted by Crippen LogP contribution is 2.30. The quantitative estimate of drug-likeness (QED) is 0.490. The van der Waals surface area contributed by atoms with Crippen molar-refractivity contribution < 1.29 is 24.1 Å². The Labute approximate surface area is 179 Å². The third-order valence-electron chi connectivity index (χ3n) is 4.25. The molecule has 0 aromatic heterocycles. The summed E-state index contributed by atoms with van der Waals surface area (Å²) in [4.78, 5) is 15.5. The van der Waals surface area contributed by atoms with Crippen molar-refractivity contribution in [3.05, 3.63) is 82.4 Å². The highest BCUT2D eigenvalue weighted by atomic mass is 35.5. The lowest BCUT2D eigenvalue weighted by molar-refractivity contribution is 0.0696. The maximum Gasteiger partial charge on any atom is 0.335 e. The van der Waals surface area contributed by atoms with Crippen LogP contribution in [0.25, 0.3) is 0 Å². The first-order chi connectivity index (χ1) is 14.5. The summed E-state index contributed by atoms with van der Waals surface area (Å²) in [6, 6.07) is 17.3. The summed E-state index contributed by atoms with van der Waals surface area (Å²) in [5.74, 6) is 0.702. The summed E-state index contributed by atoms with van der Waals surface area (Å²) in [7, 11) is 3.11. The number of halogens is 1. The van der Waals surface area contributed by atoms with Gasteiger partial charge in [-0.2, -0.15) is 0 Å². The molecule has 0 bridgehead atoms. The van der Waals surface area contributed by atoms with Gasteiger partial charge in [0.05, 0.1) is 30.5 Å². The van der Waals surface area contributed by atoms with Crippen LogP contribution in [0.4, 0.5) is 5.69 Å². The maximum atomic E-state index is 11.1. The molecule has 1 N–H and O–H groups in total. The highest BCUT2D eigenvalue weighted by Gasteiger charge is 2.08. The minimum Gasteiger partial charge on any atom is -0.495 e. The standard InChI is InChI=1S/C23H20ClNO5/c1-28-20-9-7-18(12-19(20)24)25-13-15-6-8-21(22(11-15)29-2)30-14-16-4-3-5-17(10-16)23(26)27/h3-13H,14H2,1-2H3,(H,26,27). The van der Waals surface area contributed by atoms with Crippen LogP contribution in [0.1, 0.15) is 21.5 Å². The first-order valence-corrected chi connectivity index (χ1v) is 9.38. The van der Waals surface area contributed by atoms with E-state index in [1.807, 2.05) is 6.07 Å². The lowest BCUT2D eigenvalue weighted by Gasteiger charge is -2.11. The summed E-state index contributed by atoms with van der Waals surface area (Å²) in [5.41, 5.74) is 2.48. The van der Waals surface area contributed by atoms with Gasteiger partial charge in [0.1, 0.15) is 12.4 Å². The number of aromatic carboxylic acids is 1. The third-order valence-corrected chi connectivity index (χ3v) is 4.55. The first kappa shape index (κ1) is 21.2. The molecule has 0 saturated carbocycles. The summed E-state index contributed by atoms with van der Waals surface area (Å²) in [5, 5.41) is 9.58. The molecule has 30 heavy (non-hydrogen) atoms. The number of ether oxygens (including phenoxy) is 3. The molecule has 0 heterocycles. The van der Waals surface area contributed by atoms with Gasteiger partial charge in [-0.25, -0.2) is 4.79 Å². The minimum absolute atomic E-state index is 0.216. The van der Waals surface area contributed by atoms with Crippen LogP contribution in [0.3, 0.4) is 0 Å². The van der Waals surface area contributed by atoms with Gasteiger partial charge in [0.2, 0.25) is 0 Å². The van der Waals surface area contributed by atoms with E-state index < -0.39 is 5.97 Å². The van der Waals surface area contributed by atoms with Gasteiger partial charge in [-0.1, -0.05) is 23.7 Å². The van der Waals surface area contributed by atoms with Crippen LogP contribution in [0.2, 0.25) is 5.02 Å². The van der Waals surface area contributed by atoms with Crippen molar-refractivity contribution in [2.75, 3.05) is 14.2 Å². The number of carboxylic acids is 1. The lowest BCUT2D eigenvalue weighted by Crippen LogP contribution is -2.01. The normalized spacial score (nSPS) is 10.8. The van der Waals surface area contributed by atoms with E-state index in [1.165, 1.54) is 6.07 Å². The zero-order valence-electron chi connectivity index (χ0n) is 16.5. The molecule has 3 aromatic carbocycles. The second-order valence-corrected chi connectivity index (χ2v) is 6.69. The zero-order valence-corrected chi connectivity index (χ0v) is 17.2. The summed E-state index contributed by atoms with van der Waals surface area (Å²) in [6.07, 6.45) is 1.70. The predicted octanol–water partition coefficient (Wildman–Crippen LogP) is 5.39. The van der Waals surface area contributed by atoms with E-state index in [0.717, 1.165) is 11.1 Å². The molecule has 0 atom stereocenters. The molecular formula is C23H20ClNO5. The Balaban J connectivity index is 1.72. The van der Waals surface area contributed by atoms with Crippen molar-refractivity contribution in [1.29, 1.82) is 0 Å². The fourth-order valence-corrected chi connectivity index (χ4v) is 2.98. The van der Waals surface area contributed by atoms with E-state index in [4.69, 9.17) is 30.9 Å². The minimum atomic E-state index is -0.976. The van der Waals surface area contributed by atoms with Crippen molar-refractivity contribution in [2.45, 2.75) is 6.61 Å². The first-order valence-electron chi connectivity index (χ1n) is 9.01. The monoisotopic (exact) mass is 425 g/mol. The molecular weight excluding hydrogens is 406 g/mol. The lowest BCUT2D eigenvalue weighted by atomic mass is 10.1. The van der Waals surface area contributed by atoms with Crippen LogP contribution in [0, 0.1) is 0 Å². The fourth-order valence-electron chi connectivity index (χ4n) is 2.72. The Bertz CT molecular complexity index is 1080. The van der Waals surface area contributed by atoms with Crippen molar-refractivity contribution >= 4 is 29.5 Å². The fraction of sp³-hybridized carbons (Fsp3) is 0.130. The van der Waals surface area contributed by atoms with E-state index in [2.05, 4.69) is 4.99 Å². The highest BCUT2D eigenvalue weighted by molar-refractivity contribution is 6.32. The van der Waals surface area contributed by atoms with E-state index in [1.54, 1.807) is 69.0 Å².